The lowest BCUT2D eigenvalue weighted by atomic mass is 10.2. The van der Waals surface area contributed by atoms with Crippen molar-refractivity contribution in [1.82, 2.24) is 16.0 Å². The zero-order chi connectivity index (χ0) is 23.5. The summed E-state index contributed by atoms with van der Waals surface area (Å²) in [6, 6.07) is 11.3. The van der Waals surface area contributed by atoms with Crippen molar-refractivity contribution in [3.05, 3.63) is 47.5 Å². The van der Waals surface area contributed by atoms with Crippen LogP contribution in [-0.4, -0.2) is 46.4 Å². The van der Waals surface area contributed by atoms with Gasteiger partial charge < -0.3 is 35.5 Å². The molecule has 4 N–H and O–H groups in total. The lowest BCUT2D eigenvalue weighted by Crippen LogP contribution is -2.36. The Bertz CT molecular complexity index is 888. The van der Waals surface area contributed by atoms with Gasteiger partial charge in [0.1, 0.15) is 0 Å². The minimum absolute atomic E-state index is 0.0813. The van der Waals surface area contributed by atoms with Gasteiger partial charge in [-0.1, -0.05) is 12.1 Å². The normalized spacial score (nSPS) is 11.0. The molecule has 0 heterocycles. The van der Waals surface area contributed by atoms with Crippen LogP contribution >= 0.6 is 0 Å². The first-order valence-corrected chi connectivity index (χ1v) is 10.3. The highest BCUT2D eigenvalue weighted by Crippen LogP contribution is 2.38. The highest BCUT2D eigenvalue weighted by Gasteiger charge is 2.13. The molecule has 0 radical (unpaired) electrons. The first-order chi connectivity index (χ1) is 15.4. The summed E-state index contributed by atoms with van der Waals surface area (Å²) >= 11 is 0. The van der Waals surface area contributed by atoms with Crippen molar-refractivity contribution >= 4 is 17.7 Å². The Labute approximate surface area is 189 Å². The molecule has 9 nitrogen and oxygen atoms in total. The lowest BCUT2D eigenvalue weighted by molar-refractivity contribution is 0.250. The molecule has 0 aliphatic carbocycles. The lowest BCUT2D eigenvalue weighted by Gasteiger charge is -2.16. The summed E-state index contributed by atoms with van der Waals surface area (Å²) in [5, 5.41) is 12.1. The van der Waals surface area contributed by atoms with Gasteiger partial charge in [0, 0.05) is 31.9 Å². The molecular weight excluding hydrogens is 410 g/mol. The molecule has 0 saturated heterocycles. The minimum Gasteiger partial charge on any atom is -0.493 e. The van der Waals surface area contributed by atoms with Crippen LogP contribution in [-0.2, 0) is 13.1 Å². The molecular formula is C23H33N5O4. The first kappa shape index (κ1) is 24.6. The van der Waals surface area contributed by atoms with Crippen LogP contribution in [0.4, 0.5) is 10.5 Å². The molecule has 0 aliphatic rings. The van der Waals surface area contributed by atoms with E-state index in [0.29, 0.717) is 36.3 Å². The number of anilines is 1. The Morgan fingerprint density at radius 1 is 0.906 bits per heavy atom. The molecule has 0 saturated carbocycles. The van der Waals surface area contributed by atoms with Gasteiger partial charge in [0.2, 0.25) is 5.75 Å². The second-order valence-electron chi connectivity index (χ2n) is 7.26. The monoisotopic (exact) mass is 443 g/mol. The number of carbonyl (C=O) groups is 1. The molecule has 2 rings (SSSR count). The number of carbonyl (C=O) groups excluding carboxylic acids is 1. The van der Waals surface area contributed by atoms with Crippen molar-refractivity contribution in [2.24, 2.45) is 4.99 Å². The number of benzene rings is 2. The number of urea groups is 1. The fourth-order valence-electron chi connectivity index (χ4n) is 2.96. The molecule has 0 fully saturated rings. The Hall–Kier alpha value is -3.62. The Morgan fingerprint density at radius 2 is 1.47 bits per heavy atom. The van der Waals surface area contributed by atoms with Gasteiger partial charge in [-0.2, -0.15) is 0 Å². The number of nitrogens with zero attached hydrogens (tertiary/aromatic N) is 1. The summed E-state index contributed by atoms with van der Waals surface area (Å²) in [4.78, 5) is 16.0. The number of amides is 2. The van der Waals surface area contributed by atoms with E-state index < -0.39 is 0 Å². The largest absolute Gasteiger partial charge is 0.493 e. The summed E-state index contributed by atoms with van der Waals surface area (Å²) in [6.45, 7) is 4.92. The summed E-state index contributed by atoms with van der Waals surface area (Å²) in [5.74, 6) is 2.41. The molecule has 2 aromatic rings. The van der Waals surface area contributed by atoms with Crippen LogP contribution in [0.5, 0.6) is 17.2 Å². The van der Waals surface area contributed by atoms with Gasteiger partial charge in [-0.3, -0.25) is 4.99 Å². The quantitative estimate of drug-likeness (QED) is 0.351. The Balaban J connectivity index is 1.92. The molecule has 9 heteroatoms. The van der Waals surface area contributed by atoms with Gasteiger partial charge in [-0.05, 0) is 49.2 Å². The molecule has 2 amide bonds. The third kappa shape index (κ3) is 7.26. The third-order valence-corrected chi connectivity index (χ3v) is 4.50. The van der Waals surface area contributed by atoms with Gasteiger partial charge in [0.05, 0.1) is 21.3 Å². The fraction of sp³-hybridized carbons (Fsp3) is 0.391. The van der Waals surface area contributed by atoms with Crippen LogP contribution in [0.25, 0.3) is 0 Å². The zero-order valence-electron chi connectivity index (χ0n) is 19.5. The predicted octanol–water partition coefficient (Wildman–Crippen LogP) is 3.11. The van der Waals surface area contributed by atoms with E-state index in [0.717, 1.165) is 16.8 Å². The van der Waals surface area contributed by atoms with Crippen molar-refractivity contribution in [3.8, 4) is 17.2 Å². The zero-order valence-corrected chi connectivity index (χ0v) is 19.5. The number of nitrogens with one attached hydrogen (secondary N) is 4. The number of methoxy groups -OCH3 is 3. The number of aliphatic imine (C=N–C) groups is 1. The highest BCUT2D eigenvalue weighted by molar-refractivity contribution is 5.89. The molecule has 0 aliphatic heterocycles. The third-order valence-electron chi connectivity index (χ3n) is 4.50. The molecule has 32 heavy (non-hydrogen) atoms. The van der Waals surface area contributed by atoms with Crippen LogP contribution < -0.4 is 35.5 Å². The first-order valence-electron chi connectivity index (χ1n) is 10.3. The average molecular weight is 444 g/mol. The number of hydrogen-bond acceptors (Lipinski definition) is 5. The van der Waals surface area contributed by atoms with E-state index in [1.54, 1.807) is 28.4 Å². The van der Waals surface area contributed by atoms with Crippen molar-refractivity contribution in [3.63, 3.8) is 0 Å². The van der Waals surface area contributed by atoms with Gasteiger partial charge in [-0.15, -0.1) is 0 Å². The molecule has 174 valence electrons. The van der Waals surface area contributed by atoms with Crippen LogP contribution in [0.3, 0.4) is 0 Å². The molecule has 0 unspecified atom stereocenters. The van der Waals surface area contributed by atoms with Gasteiger partial charge in [-0.25, -0.2) is 4.79 Å². The summed E-state index contributed by atoms with van der Waals surface area (Å²) in [6.07, 6.45) is 0. The van der Waals surface area contributed by atoms with E-state index in [1.807, 2.05) is 50.2 Å². The maximum atomic E-state index is 11.8. The van der Waals surface area contributed by atoms with Gasteiger partial charge in [0.15, 0.2) is 17.5 Å². The topological polar surface area (TPSA) is 105 Å². The Kier molecular flexibility index (Phi) is 9.46. The maximum Gasteiger partial charge on any atom is 0.319 e. The van der Waals surface area contributed by atoms with Crippen LogP contribution in [0.2, 0.25) is 0 Å². The second kappa shape index (κ2) is 12.3. The molecule has 0 bridgehead atoms. The van der Waals surface area contributed by atoms with E-state index in [1.165, 1.54) is 0 Å². The van der Waals surface area contributed by atoms with Crippen molar-refractivity contribution in [2.45, 2.75) is 33.0 Å². The SMILES string of the molecule is CN=C(NCc1ccc(NC(=O)NC(C)C)cc1)NCc1cc(OC)c(OC)c(OC)c1. The summed E-state index contributed by atoms with van der Waals surface area (Å²) < 4.78 is 16.2. The average Bonchev–Trinajstić information content (AvgIpc) is 2.78. The van der Waals surface area contributed by atoms with Crippen LogP contribution in [0.15, 0.2) is 41.4 Å². The second-order valence-corrected chi connectivity index (χ2v) is 7.26. The van der Waals surface area contributed by atoms with Crippen molar-refractivity contribution in [2.75, 3.05) is 33.7 Å². The van der Waals surface area contributed by atoms with Crippen LogP contribution in [0.1, 0.15) is 25.0 Å². The van der Waals surface area contributed by atoms with Crippen molar-refractivity contribution < 1.29 is 19.0 Å². The number of rotatable bonds is 9. The van der Waals surface area contributed by atoms with E-state index in [2.05, 4.69) is 26.3 Å². The van der Waals surface area contributed by atoms with Gasteiger partial charge in [0.25, 0.3) is 0 Å². The van der Waals surface area contributed by atoms with E-state index in [9.17, 15) is 4.79 Å². The fourth-order valence-corrected chi connectivity index (χ4v) is 2.96. The molecule has 0 spiro atoms. The highest BCUT2D eigenvalue weighted by atomic mass is 16.5. The maximum absolute atomic E-state index is 11.8. The Morgan fingerprint density at radius 3 is 1.94 bits per heavy atom. The van der Waals surface area contributed by atoms with E-state index in [-0.39, 0.29) is 12.1 Å². The van der Waals surface area contributed by atoms with Crippen molar-refractivity contribution in [1.29, 1.82) is 0 Å². The number of hydrogen-bond donors (Lipinski definition) is 4. The molecule has 0 aromatic heterocycles. The minimum atomic E-state index is -0.220. The summed E-state index contributed by atoms with van der Waals surface area (Å²) in [7, 11) is 6.47. The number of guanidine groups is 1. The van der Waals surface area contributed by atoms with E-state index in [4.69, 9.17) is 14.2 Å². The molecule has 2 aromatic carbocycles. The van der Waals surface area contributed by atoms with Crippen LogP contribution in [0, 0.1) is 0 Å². The van der Waals surface area contributed by atoms with Gasteiger partial charge >= 0.3 is 6.03 Å². The summed E-state index contributed by atoms with van der Waals surface area (Å²) in [5.41, 5.74) is 2.74. The predicted molar refractivity (Wildman–Crippen MR) is 127 cm³/mol. The van der Waals surface area contributed by atoms with E-state index >= 15 is 0 Å². The standard InChI is InChI=1S/C23H33N5O4/c1-15(2)27-23(29)28-18-9-7-16(8-10-18)13-25-22(24-3)26-14-17-11-19(30-4)21(32-6)20(12-17)31-5/h7-12,15H,13-14H2,1-6H3,(H2,24,25,26)(H2,27,28,29). The smallest absolute Gasteiger partial charge is 0.319 e. The number of ether oxygens (including phenoxy) is 3. The molecule has 0 atom stereocenters.